The van der Waals surface area contributed by atoms with Crippen LogP contribution < -0.4 is 5.32 Å². The van der Waals surface area contributed by atoms with E-state index in [-0.39, 0.29) is 65.5 Å². The number of carbonyl (C=O) groups excluding carboxylic acids is 5. The highest BCUT2D eigenvalue weighted by atomic mass is 35.5. The molecule has 0 radical (unpaired) electrons. The summed E-state index contributed by atoms with van der Waals surface area (Å²) in [6.07, 6.45) is 3.25. The molecular weight excluding hydrogens is 524 g/mol. The predicted octanol–water partition coefficient (Wildman–Crippen LogP) is 3.88. The van der Waals surface area contributed by atoms with E-state index in [0.29, 0.717) is 5.02 Å². The van der Waals surface area contributed by atoms with Crippen molar-refractivity contribution in [1.29, 1.82) is 0 Å². The molecule has 3 aromatic rings. The third-order valence-corrected chi connectivity index (χ3v) is 7.69. The summed E-state index contributed by atoms with van der Waals surface area (Å²) in [5.41, 5.74) is 1.91. The van der Waals surface area contributed by atoms with E-state index in [0.717, 1.165) is 21.4 Å². The molecule has 1 aliphatic carbocycles. The van der Waals surface area contributed by atoms with Crippen molar-refractivity contribution < 1.29 is 29.1 Å². The maximum atomic E-state index is 13.3. The van der Waals surface area contributed by atoms with Crippen molar-refractivity contribution in [3.05, 3.63) is 75.6 Å². The molecule has 11 heteroatoms. The maximum absolute atomic E-state index is 13.3. The van der Waals surface area contributed by atoms with Crippen LogP contribution in [0.3, 0.4) is 0 Å². The van der Waals surface area contributed by atoms with Gasteiger partial charge in [0.15, 0.2) is 5.78 Å². The molecule has 3 aliphatic rings. The Morgan fingerprint density at radius 2 is 1.82 bits per heavy atom. The molecule has 2 unspecified atom stereocenters. The number of carbonyl (C=O) groups is 5. The fraction of sp³-hybridized carbons (Fsp3) is 0.214. The van der Waals surface area contributed by atoms with Crippen molar-refractivity contribution in [2.24, 2.45) is 4.99 Å². The quantitative estimate of drug-likeness (QED) is 0.335. The molecule has 3 heterocycles. The number of H-pyrrole nitrogens is 1. The number of halogens is 1. The Morgan fingerprint density at radius 3 is 2.59 bits per heavy atom. The molecule has 3 N–H and O–H groups in total. The van der Waals surface area contributed by atoms with E-state index in [4.69, 9.17) is 11.6 Å². The van der Waals surface area contributed by atoms with Gasteiger partial charge in [0, 0.05) is 42.6 Å². The fourth-order valence-corrected chi connectivity index (χ4v) is 5.79. The Balaban J connectivity index is 1.29. The zero-order chi connectivity index (χ0) is 27.4. The minimum Gasteiger partial charge on any atom is -0.511 e. The Bertz CT molecular complexity index is 1690. The molecule has 1 fully saturated rings. The average molecular weight is 545 g/mol. The van der Waals surface area contributed by atoms with Crippen molar-refractivity contribution in [2.75, 3.05) is 0 Å². The predicted molar refractivity (Wildman–Crippen MR) is 141 cm³/mol. The number of ketones is 1. The molecule has 2 aromatic carbocycles. The van der Waals surface area contributed by atoms with E-state index < -0.39 is 29.7 Å². The maximum Gasteiger partial charge on any atom is 0.264 e. The Kier molecular flexibility index (Phi) is 5.91. The summed E-state index contributed by atoms with van der Waals surface area (Å²) in [4.78, 5) is 71.5. The first-order chi connectivity index (χ1) is 18.7. The van der Waals surface area contributed by atoms with Gasteiger partial charge in [0.1, 0.15) is 11.8 Å². The molecular formula is C28H21ClN4O6. The SMILES string of the molecule is O=C1CCC(N2C(=O)c3cccc(N=CC4=C(O)CC(c5cccc6[nH]cc(Cl)c56)CC4=O)c3C2=O)C(=O)N1. The summed E-state index contributed by atoms with van der Waals surface area (Å²) in [6, 6.07) is 9.04. The number of hydrogen-bond donors (Lipinski definition) is 3. The number of amides is 4. The van der Waals surface area contributed by atoms with Crippen molar-refractivity contribution >= 4 is 63.8 Å². The van der Waals surface area contributed by atoms with Gasteiger partial charge in [-0.25, -0.2) is 0 Å². The standard InChI is InChI=1S/C28H21ClN4O6/c29-17-12-31-18-5-1-3-14(24(17)18)13-9-21(34)16(22(35)10-13)11-30-19-6-2-4-15-25(19)28(39)33(27(15)38)20-7-8-23(36)32-26(20)37/h1-6,11-13,20,31,34H,7-10H2,(H,32,36,37). The number of imide groups is 2. The smallest absolute Gasteiger partial charge is 0.264 e. The number of aliphatic imine (C=N–C) groups is 1. The van der Waals surface area contributed by atoms with Crippen LogP contribution in [0.25, 0.3) is 10.9 Å². The van der Waals surface area contributed by atoms with Crippen LogP contribution in [0.2, 0.25) is 5.02 Å². The number of Topliss-reactive ketones (excluding diaryl/α,β-unsaturated/α-hetero) is 1. The van der Waals surface area contributed by atoms with Gasteiger partial charge in [0.05, 0.1) is 27.4 Å². The normalized spacial score (nSPS) is 21.9. The number of aliphatic hydroxyl groups excluding tert-OH is 1. The Hall–Kier alpha value is -4.57. The third-order valence-electron chi connectivity index (χ3n) is 7.39. The molecule has 4 amide bonds. The first kappa shape index (κ1) is 24.7. The fourth-order valence-electron chi connectivity index (χ4n) is 5.53. The van der Waals surface area contributed by atoms with Gasteiger partial charge in [0.25, 0.3) is 11.8 Å². The topological polar surface area (TPSA) is 149 Å². The van der Waals surface area contributed by atoms with Crippen molar-refractivity contribution in [3.63, 3.8) is 0 Å². The number of aromatic amines is 1. The summed E-state index contributed by atoms with van der Waals surface area (Å²) in [6.45, 7) is 0. The molecule has 0 bridgehead atoms. The minimum atomic E-state index is -1.10. The second kappa shape index (κ2) is 9.32. The first-order valence-electron chi connectivity index (χ1n) is 12.3. The largest absolute Gasteiger partial charge is 0.511 e. The molecule has 1 saturated heterocycles. The first-order valence-corrected chi connectivity index (χ1v) is 12.7. The molecule has 1 aromatic heterocycles. The molecule has 39 heavy (non-hydrogen) atoms. The van der Waals surface area contributed by atoms with Crippen LogP contribution in [0, 0.1) is 0 Å². The highest BCUT2D eigenvalue weighted by Crippen LogP contribution is 2.39. The summed E-state index contributed by atoms with van der Waals surface area (Å²) in [5.74, 6) is -3.27. The molecule has 196 valence electrons. The van der Waals surface area contributed by atoms with Crippen LogP contribution in [0.5, 0.6) is 0 Å². The Labute approximate surface area is 226 Å². The molecule has 0 spiro atoms. The number of nitrogens with zero attached hydrogens (tertiary/aromatic N) is 2. The van der Waals surface area contributed by atoms with Crippen molar-refractivity contribution in [1.82, 2.24) is 15.2 Å². The van der Waals surface area contributed by atoms with E-state index in [2.05, 4.69) is 15.3 Å². The third kappa shape index (κ3) is 4.04. The second-order valence-electron chi connectivity index (χ2n) is 9.70. The van der Waals surface area contributed by atoms with Gasteiger partial charge in [-0.3, -0.25) is 39.2 Å². The number of aromatic nitrogens is 1. The van der Waals surface area contributed by atoms with Crippen LogP contribution in [0.4, 0.5) is 5.69 Å². The number of fused-ring (bicyclic) bond motifs is 2. The number of piperidine rings is 1. The lowest BCUT2D eigenvalue weighted by Gasteiger charge is -2.27. The van der Waals surface area contributed by atoms with Gasteiger partial charge in [-0.05, 0) is 36.1 Å². The van der Waals surface area contributed by atoms with Gasteiger partial charge in [-0.2, -0.15) is 0 Å². The number of allylic oxidation sites excluding steroid dienone is 2. The van der Waals surface area contributed by atoms with E-state index in [9.17, 15) is 29.1 Å². The summed E-state index contributed by atoms with van der Waals surface area (Å²) >= 11 is 6.35. The number of aliphatic hydroxyl groups is 1. The van der Waals surface area contributed by atoms with Gasteiger partial charge in [0.2, 0.25) is 11.8 Å². The van der Waals surface area contributed by atoms with Crippen molar-refractivity contribution in [2.45, 2.75) is 37.6 Å². The van der Waals surface area contributed by atoms with Gasteiger partial charge >= 0.3 is 0 Å². The lowest BCUT2D eigenvalue weighted by molar-refractivity contribution is -0.136. The second-order valence-corrected chi connectivity index (χ2v) is 10.1. The molecule has 6 rings (SSSR count). The van der Waals surface area contributed by atoms with E-state index in [1.54, 1.807) is 12.3 Å². The van der Waals surface area contributed by atoms with Gasteiger partial charge in [-0.15, -0.1) is 0 Å². The summed E-state index contributed by atoms with van der Waals surface area (Å²) in [7, 11) is 0. The van der Waals surface area contributed by atoms with E-state index >= 15 is 0 Å². The number of nitrogens with one attached hydrogen (secondary N) is 2. The number of rotatable bonds is 4. The van der Waals surface area contributed by atoms with Crippen LogP contribution in [0.1, 0.15) is 57.9 Å². The summed E-state index contributed by atoms with van der Waals surface area (Å²) in [5, 5.41) is 14.3. The van der Waals surface area contributed by atoms with Gasteiger partial charge in [-0.1, -0.05) is 29.8 Å². The zero-order valence-electron chi connectivity index (χ0n) is 20.4. The molecule has 0 saturated carbocycles. The monoisotopic (exact) mass is 544 g/mol. The van der Waals surface area contributed by atoms with Crippen LogP contribution in [-0.2, 0) is 14.4 Å². The van der Waals surface area contributed by atoms with Crippen LogP contribution in [-0.4, -0.2) is 56.7 Å². The molecule has 10 nitrogen and oxygen atoms in total. The number of benzene rings is 2. The van der Waals surface area contributed by atoms with Crippen molar-refractivity contribution in [3.8, 4) is 0 Å². The molecule has 2 aliphatic heterocycles. The van der Waals surface area contributed by atoms with Crippen LogP contribution in [0.15, 0.2) is 58.9 Å². The highest BCUT2D eigenvalue weighted by molar-refractivity contribution is 6.36. The van der Waals surface area contributed by atoms with E-state index in [1.807, 2.05) is 18.2 Å². The minimum absolute atomic E-state index is 0.00143. The van der Waals surface area contributed by atoms with Crippen LogP contribution >= 0.6 is 11.6 Å². The highest BCUT2D eigenvalue weighted by Gasteiger charge is 2.45. The molecule has 2 atom stereocenters. The number of hydrogen-bond acceptors (Lipinski definition) is 7. The zero-order valence-corrected chi connectivity index (χ0v) is 21.1. The lowest BCUT2D eigenvalue weighted by atomic mass is 9.82. The van der Waals surface area contributed by atoms with E-state index in [1.165, 1.54) is 18.3 Å². The Morgan fingerprint density at radius 1 is 1.03 bits per heavy atom. The van der Waals surface area contributed by atoms with Gasteiger partial charge < -0.3 is 10.1 Å². The summed E-state index contributed by atoms with van der Waals surface area (Å²) < 4.78 is 0. The lowest BCUT2D eigenvalue weighted by Crippen LogP contribution is -2.54. The average Bonchev–Trinajstić information content (AvgIpc) is 3.41.